The number of amides is 2. The van der Waals surface area contributed by atoms with Crippen molar-refractivity contribution in [3.8, 4) is 0 Å². The average molecular weight is 408 g/mol. The molecule has 0 bridgehead atoms. The van der Waals surface area contributed by atoms with Gasteiger partial charge in [0.05, 0.1) is 23.1 Å². The molecule has 2 rings (SSSR count). The largest absolute Gasteiger partial charge is 0.346 e. The molecule has 0 aliphatic heterocycles. The van der Waals surface area contributed by atoms with Crippen LogP contribution in [0, 0.1) is 13.8 Å². The smallest absolute Gasteiger partial charge is 0.243 e. The number of para-hydroxylation sites is 1. The third kappa shape index (κ3) is 6.24. The standard InChI is InChI=1S/C20H23Cl2N3O2/c1-12-5-4-6-13(2)20(12)25-19(27)11-24-18(26)10-23-14(3)15-7-8-16(21)17(22)9-15/h4-9,14,23H,10-11H2,1-3H3,(H,24,26)(H,25,27)/t14-/m1/s1. The number of hydrogen-bond donors (Lipinski definition) is 3. The summed E-state index contributed by atoms with van der Waals surface area (Å²) in [5.41, 5.74) is 3.66. The highest BCUT2D eigenvalue weighted by atomic mass is 35.5. The molecule has 0 aliphatic carbocycles. The van der Waals surface area contributed by atoms with Gasteiger partial charge >= 0.3 is 0 Å². The predicted molar refractivity (Wildman–Crippen MR) is 110 cm³/mol. The highest BCUT2D eigenvalue weighted by Gasteiger charge is 2.11. The topological polar surface area (TPSA) is 70.2 Å². The van der Waals surface area contributed by atoms with E-state index in [0.717, 1.165) is 22.4 Å². The molecule has 0 aliphatic rings. The minimum Gasteiger partial charge on any atom is -0.346 e. The van der Waals surface area contributed by atoms with Crippen LogP contribution in [0.4, 0.5) is 5.69 Å². The lowest BCUT2D eigenvalue weighted by atomic mass is 10.1. The van der Waals surface area contributed by atoms with Crippen LogP contribution in [0.25, 0.3) is 0 Å². The fourth-order valence-electron chi connectivity index (χ4n) is 2.58. The van der Waals surface area contributed by atoms with Gasteiger partial charge in [0, 0.05) is 11.7 Å². The fraction of sp³-hybridized carbons (Fsp3) is 0.300. The van der Waals surface area contributed by atoms with Gasteiger partial charge in [0.25, 0.3) is 0 Å². The summed E-state index contributed by atoms with van der Waals surface area (Å²) in [6.45, 7) is 5.76. The van der Waals surface area contributed by atoms with Gasteiger partial charge in [-0.1, -0.05) is 47.5 Å². The van der Waals surface area contributed by atoms with Crippen molar-refractivity contribution in [2.75, 3.05) is 18.4 Å². The lowest BCUT2D eigenvalue weighted by Crippen LogP contribution is -2.39. The number of rotatable bonds is 7. The highest BCUT2D eigenvalue weighted by molar-refractivity contribution is 6.42. The number of aryl methyl sites for hydroxylation is 2. The Labute approximate surface area is 169 Å². The number of anilines is 1. The maximum atomic E-state index is 12.1. The Hall–Kier alpha value is -2.08. The van der Waals surface area contributed by atoms with Crippen molar-refractivity contribution in [1.29, 1.82) is 0 Å². The van der Waals surface area contributed by atoms with Crippen molar-refractivity contribution in [3.63, 3.8) is 0 Å². The molecule has 2 aromatic rings. The van der Waals surface area contributed by atoms with E-state index < -0.39 is 0 Å². The molecule has 1 atom stereocenters. The summed E-state index contributed by atoms with van der Waals surface area (Å²) in [6.07, 6.45) is 0. The number of nitrogens with one attached hydrogen (secondary N) is 3. The van der Waals surface area contributed by atoms with E-state index in [0.29, 0.717) is 10.0 Å². The number of halogens is 2. The van der Waals surface area contributed by atoms with E-state index in [1.807, 2.05) is 45.0 Å². The van der Waals surface area contributed by atoms with Gasteiger partial charge in [0.2, 0.25) is 11.8 Å². The lowest BCUT2D eigenvalue weighted by molar-refractivity contribution is -0.123. The molecule has 0 fully saturated rings. The van der Waals surface area contributed by atoms with Gasteiger partial charge in [-0.15, -0.1) is 0 Å². The second-order valence-electron chi connectivity index (χ2n) is 6.37. The molecule has 0 saturated carbocycles. The number of carbonyl (C=O) groups excluding carboxylic acids is 2. The number of benzene rings is 2. The molecular weight excluding hydrogens is 385 g/mol. The zero-order valence-corrected chi connectivity index (χ0v) is 17.0. The molecule has 3 N–H and O–H groups in total. The SMILES string of the molecule is Cc1cccc(C)c1NC(=O)CNC(=O)CN[C@H](C)c1ccc(Cl)c(Cl)c1. The van der Waals surface area contributed by atoms with Crippen LogP contribution >= 0.6 is 23.2 Å². The van der Waals surface area contributed by atoms with Crippen molar-refractivity contribution in [3.05, 3.63) is 63.1 Å². The molecule has 0 heterocycles. The maximum absolute atomic E-state index is 12.1. The maximum Gasteiger partial charge on any atom is 0.243 e. The molecular formula is C20H23Cl2N3O2. The first-order valence-electron chi connectivity index (χ1n) is 8.59. The van der Waals surface area contributed by atoms with E-state index in [1.165, 1.54) is 0 Å². The summed E-state index contributed by atoms with van der Waals surface area (Å²) in [7, 11) is 0. The summed E-state index contributed by atoms with van der Waals surface area (Å²) in [5.74, 6) is -0.531. The van der Waals surface area contributed by atoms with E-state index in [1.54, 1.807) is 12.1 Å². The van der Waals surface area contributed by atoms with Gasteiger partial charge in [-0.3, -0.25) is 9.59 Å². The van der Waals surface area contributed by atoms with E-state index >= 15 is 0 Å². The van der Waals surface area contributed by atoms with Crippen LogP contribution in [0.15, 0.2) is 36.4 Å². The average Bonchev–Trinajstić information content (AvgIpc) is 2.63. The molecule has 7 heteroatoms. The minimum absolute atomic E-state index is 0.0814. The third-order valence-electron chi connectivity index (χ3n) is 4.20. The van der Waals surface area contributed by atoms with Crippen LogP contribution in [0.2, 0.25) is 10.0 Å². The van der Waals surface area contributed by atoms with Gasteiger partial charge in [-0.2, -0.15) is 0 Å². The first kappa shape index (κ1) is 21.2. The minimum atomic E-state index is -0.265. The molecule has 5 nitrogen and oxygen atoms in total. The molecule has 0 aromatic heterocycles. The van der Waals surface area contributed by atoms with Crippen LogP contribution in [-0.2, 0) is 9.59 Å². The molecule has 0 saturated heterocycles. The van der Waals surface area contributed by atoms with Gasteiger partial charge in [0.15, 0.2) is 0 Å². The quantitative estimate of drug-likeness (QED) is 0.648. The predicted octanol–water partition coefficient (Wildman–Crippen LogP) is 4.02. The Kier molecular flexibility index (Phi) is 7.66. The summed E-state index contributed by atoms with van der Waals surface area (Å²) < 4.78 is 0. The van der Waals surface area contributed by atoms with E-state index in [9.17, 15) is 9.59 Å². The Morgan fingerprint density at radius 3 is 2.26 bits per heavy atom. The zero-order valence-electron chi connectivity index (χ0n) is 15.5. The first-order chi connectivity index (χ1) is 12.8. The van der Waals surface area contributed by atoms with Crippen LogP contribution < -0.4 is 16.0 Å². The Morgan fingerprint density at radius 2 is 1.63 bits per heavy atom. The number of hydrogen-bond acceptors (Lipinski definition) is 3. The lowest BCUT2D eigenvalue weighted by Gasteiger charge is -2.15. The van der Waals surface area contributed by atoms with Crippen molar-refractivity contribution in [2.45, 2.75) is 26.8 Å². The molecule has 0 unspecified atom stereocenters. The van der Waals surface area contributed by atoms with Gasteiger partial charge < -0.3 is 16.0 Å². The van der Waals surface area contributed by atoms with Gasteiger partial charge in [-0.25, -0.2) is 0 Å². The van der Waals surface area contributed by atoms with Crippen LogP contribution in [0.3, 0.4) is 0 Å². The van der Waals surface area contributed by atoms with Crippen molar-refractivity contribution >= 4 is 40.7 Å². The number of carbonyl (C=O) groups is 2. The molecule has 2 amide bonds. The van der Waals surface area contributed by atoms with Gasteiger partial charge in [-0.05, 0) is 49.6 Å². The van der Waals surface area contributed by atoms with Crippen molar-refractivity contribution < 1.29 is 9.59 Å². The fourth-order valence-corrected chi connectivity index (χ4v) is 2.89. The molecule has 27 heavy (non-hydrogen) atoms. The van der Waals surface area contributed by atoms with Crippen LogP contribution in [0.5, 0.6) is 0 Å². The van der Waals surface area contributed by atoms with Crippen LogP contribution in [0.1, 0.15) is 29.7 Å². The Balaban J connectivity index is 1.78. The molecule has 0 spiro atoms. The first-order valence-corrected chi connectivity index (χ1v) is 9.34. The van der Waals surface area contributed by atoms with Crippen LogP contribution in [-0.4, -0.2) is 24.9 Å². The second kappa shape index (κ2) is 9.74. The Morgan fingerprint density at radius 1 is 0.963 bits per heavy atom. The van der Waals surface area contributed by atoms with E-state index in [2.05, 4.69) is 16.0 Å². The van der Waals surface area contributed by atoms with E-state index in [-0.39, 0.29) is 30.9 Å². The highest BCUT2D eigenvalue weighted by Crippen LogP contribution is 2.25. The summed E-state index contributed by atoms with van der Waals surface area (Å²) >= 11 is 11.9. The summed E-state index contributed by atoms with van der Waals surface area (Å²) in [5, 5.41) is 9.49. The molecule has 144 valence electrons. The normalized spacial score (nSPS) is 11.7. The molecule has 2 aromatic carbocycles. The molecule has 0 radical (unpaired) electrons. The van der Waals surface area contributed by atoms with Crippen molar-refractivity contribution in [2.24, 2.45) is 0 Å². The summed E-state index contributed by atoms with van der Waals surface area (Å²) in [6, 6.07) is 11.0. The van der Waals surface area contributed by atoms with Gasteiger partial charge in [0.1, 0.15) is 0 Å². The zero-order chi connectivity index (χ0) is 20.0. The van der Waals surface area contributed by atoms with E-state index in [4.69, 9.17) is 23.2 Å². The second-order valence-corrected chi connectivity index (χ2v) is 7.18. The van der Waals surface area contributed by atoms with Crippen molar-refractivity contribution in [1.82, 2.24) is 10.6 Å². The third-order valence-corrected chi connectivity index (χ3v) is 4.94. The summed E-state index contributed by atoms with van der Waals surface area (Å²) in [4.78, 5) is 24.1. The monoisotopic (exact) mass is 407 g/mol. The Bertz CT molecular complexity index is 820.